The van der Waals surface area contributed by atoms with Crippen molar-refractivity contribution in [1.82, 2.24) is 19.5 Å². The molecule has 0 bridgehead atoms. The molecule has 1 aliphatic rings. The number of nitrogens with one attached hydrogen (secondary N) is 1. The summed E-state index contributed by atoms with van der Waals surface area (Å²) in [4.78, 5) is 21.9. The van der Waals surface area contributed by atoms with Crippen LogP contribution in [0.25, 0.3) is 11.2 Å². The zero-order valence-corrected chi connectivity index (χ0v) is 8.74. The Bertz CT molecular complexity index is 592. The first-order valence-electron chi connectivity index (χ1n) is 5.07. The molecule has 2 N–H and O–H groups in total. The van der Waals surface area contributed by atoms with E-state index in [1.54, 1.807) is 4.57 Å². The largest absolute Gasteiger partial charge is 0.391 e. The Balaban J connectivity index is 2.02. The van der Waals surface area contributed by atoms with E-state index in [-0.39, 0.29) is 24.3 Å². The van der Waals surface area contributed by atoms with Gasteiger partial charge in [-0.05, 0) is 0 Å². The Labute approximate surface area is 94.8 Å². The Morgan fingerprint density at radius 2 is 2.47 bits per heavy atom. The molecule has 3 rings (SSSR count). The molecule has 0 aliphatic carbocycles. The molecule has 1 aliphatic heterocycles. The molecule has 0 radical (unpaired) electrons. The van der Waals surface area contributed by atoms with E-state index in [2.05, 4.69) is 15.0 Å². The average molecular weight is 238 g/mol. The average Bonchev–Trinajstić information content (AvgIpc) is 2.94. The number of ether oxygens (including phenoxy) is 2. The highest BCUT2D eigenvalue weighted by Crippen LogP contribution is 2.22. The monoisotopic (exact) mass is 238 g/mol. The molecule has 3 heterocycles. The lowest BCUT2D eigenvalue weighted by molar-refractivity contribution is -0.0980. The van der Waals surface area contributed by atoms with Crippen LogP contribution in [0.15, 0.2) is 17.4 Å². The van der Waals surface area contributed by atoms with Crippen molar-refractivity contribution in [3.8, 4) is 0 Å². The van der Waals surface area contributed by atoms with Gasteiger partial charge in [0.2, 0.25) is 0 Å². The van der Waals surface area contributed by atoms with E-state index in [0.29, 0.717) is 5.65 Å². The van der Waals surface area contributed by atoms with Gasteiger partial charge in [-0.2, -0.15) is 0 Å². The van der Waals surface area contributed by atoms with Gasteiger partial charge in [0.25, 0.3) is 5.56 Å². The van der Waals surface area contributed by atoms with Crippen LogP contribution in [0.5, 0.6) is 0 Å². The lowest BCUT2D eigenvalue weighted by atomic mass is 10.5. The molecular weight excluding hydrogens is 228 g/mol. The van der Waals surface area contributed by atoms with Crippen molar-refractivity contribution in [2.24, 2.45) is 0 Å². The zero-order chi connectivity index (χ0) is 11.8. The molecule has 2 aromatic rings. The minimum Gasteiger partial charge on any atom is -0.391 e. The fourth-order valence-corrected chi connectivity index (χ4v) is 1.76. The second-order valence-corrected chi connectivity index (χ2v) is 3.59. The zero-order valence-electron chi connectivity index (χ0n) is 8.74. The van der Waals surface area contributed by atoms with E-state index in [9.17, 15) is 4.79 Å². The predicted molar refractivity (Wildman–Crippen MR) is 55.1 cm³/mol. The van der Waals surface area contributed by atoms with Crippen LogP contribution in [0.4, 0.5) is 0 Å². The maximum Gasteiger partial charge on any atom is 0.278 e. The molecule has 8 nitrogen and oxygen atoms in total. The molecule has 1 unspecified atom stereocenters. The van der Waals surface area contributed by atoms with E-state index in [1.807, 2.05) is 0 Å². The van der Waals surface area contributed by atoms with Crippen LogP contribution < -0.4 is 5.56 Å². The van der Waals surface area contributed by atoms with Gasteiger partial charge in [-0.3, -0.25) is 9.36 Å². The number of hydrogen-bond acceptors (Lipinski definition) is 6. The first kappa shape index (κ1) is 10.4. The quantitative estimate of drug-likeness (QED) is 0.694. The second kappa shape index (κ2) is 3.91. The van der Waals surface area contributed by atoms with Crippen molar-refractivity contribution in [2.75, 3.05) is 13.2 Å². The number of fused-ring (bicyclic) bond motifs is 1. The normalized spacial score (nSPS) is 24.5. The molecule has 90 valence electrons. The van der Waals surface area contributed by atoms with Crippen molar-refractivity contribution < 1.29 is 14.6 Å². The Morgan fingerprint density at radius 1 is 1.59 bits per heavy atom. The predicted octanol–water partition coefficient (Wildman–Crippen LogP) is -1.02. The lowest BCUT2D eigenvalue weighted by Crippen LogP contribution is -2.15. The summed E-state index contributed by atoms with van der Waals surface area (Å²) in [5, 5.41) is 8.89. The van der Waals surface area contributed by atoms with Gasteiger partial charge in [-0.15, -0.1) is 0 Å². The molecule has 0 spiro atoms. The van der Waals surface area contributed by atoms with Gasteiger partial charge in [0.1, 0.15) is 0 Å². The maximum atomic E-state index is 11.4. The molecule has 2 aromatic heterocycles. The number of aliphatic hydroxyl groups is 1. The van der Waals surface area contributed by atoms with Gasteiger partial charge in [-0.25, -0.2) is 9.97 Å². The number of aromatic amines is 1. The summed E-state index contributed by atoms with van der Waals surface area (Å²) in [7, 11) is 0. The van der Waals surface area contributed by atoms with Crippen molar-refractivity contribution in [1.29, 1.82) is 0 Å². The maximum absolute atomic E-state index is 11.4. The van der Waals surface area contributed by atoms with Crippen LogP contribution in [-0.4, -0.2) is 44.1 Å². The molecule has 2 atom stereocenters. The van der Waals surface area contributed by atoms with E-state index in [1.165, 1.54) is 12.7 Å². The molecular formula is C9H10N4O4. The smallest absolute Gasteiger partial charge is 0.278 e. The van der Waals surface area contributed by atoms with Gasteiger partial charge in [-0.1, -0.05) is 0 Å². The van der Waals surface area contributed by atoms with E-state index in [0.717, 1.165) is 0 Å². The second-order valence-electron chi connectivity index (χ2n) is 3.59. The number of rotatable bonds is 2. The van der Waals surface area contributed by atoms with Gasteiger partial charge in [0.05, 0.1) is 25.9 Å². The summed E-state index contributed by atoms with van der Waals surface area (Å²) in [6.45, 7) is 0.0717. The first-order valence-corrected chi connectivity index (χ1v) is 5.07. The summed E-state index contributed by atoms with van der Waals surface area (Å²) in [5.74, 6) is 0. The summed E-state index contributed by atoms with van der Waals surface area (Å²) < 4.78 is 12.2. The van der Waals surface area contributed by atoms with E-state index >= 15 is 0 Å². The molecule has 0 amide bonds. The van der Waals surface area contributed by atoms with E-state index < -0.39 is 12.5 Å². The highest BCUT2D eigenvalue weighted by molar-refractivity contribution is 5.68. The van der Waals surface area contributed by atoms with Gasteiger partial charge < -0.3 is 19.6 Å². The van der Waals surface area contributed by atoms with Crippen LogP contribution in [0.3, 0.4) is 0 Å². The Hall–Kier alpha value is -1.77. The summed E-state index contributed by atoms with van der Waals surface area (Å²) in [6.07, 6.45) is 1.72. The SMILES string of the molecule is O=c1[nH]cnc2c1ncn2[C@H]1COC(CO)O1. The first-order chi connectivity index (χ1) is 8.29. The van der Waals surface area contributed by atoms with Gasteiger partial charge in [0, 0.05) is 0 Å². The number of aliphatic hydroxyl groups excluding tert-OH is 1. The minimum atomic E-state index is -0.639. The van der Waals surface area contributed by atoms with Gasteiger partial charge in [0.15, 0.2) is 23.7 Å². The highest BCUT2D eigenvalue weighted by Gasteiger charge is 2.28. The third-order valence-electron chi connectivity index (χ3n) is 2.56. The standard InChI is InChI=1S/C9H10N4O4/c14-1-6-16-2-5(17-6)13-4-12-7-8(13)10-3-11-9(7)15/h3-6,14H,1-2H2,(H,10,11,15)/t5-,6?/m1/s1. The molecule has 17 heavy (non-hydrogen) atoms. The Kier molecular flexibility index (Phi) is 2.39. The summed E-state index contributed by atoms with van der Waals surface area (Å²) >= 11 is 0. The third-order valence-corrected chi connectivity index (χ3v) is 2.56. The van der Waals surface area contributed by atoms with Crippen molar-refractivity contribution >= 4 is 11.2 Å². The topological polar surface area (TPSA) is 102 Å². The van der Waals surface area contributed by atoms with Crippen LogP contribution in [-0.2, 0) is 9.47 Å². The minimum absolute atomic E-state index is 0.211. The van der Waals surface area contributed by atoms with Crippen molar-refractivity contribution in [3.63, 3.8) is 0 Å². The third kappa shape index (κ3) is 1.62. The number of H-pyrrole nitrogens is 1. The number of imidazole rings is 1. The molecule has 1 fully saturated rings. The number of hydrogen-bond donors (Lipinski definition) is 2. The lowest BCUT2D eigenvalue weighted by Gasteiger charge is -2.10. The molecule has 0 aromatic carbocycles. The molecule has 1 saturated heterocycles. The van der Waals surface area contributed by atoms with Crippen molar-refractivity contribution in [2.45, 2.75) is 12.5 Å². The number of aromatic nitrogens is 4. The van der Waals surface area contributed by atoms with Crippen molar-refractivity contribution in [3.05, 3.63) is 23.0 Å². The van der Waals surface area contributed by atoms with Gasteiger partial charge >= 0.3 is 0 Å². The fraction of sp³-hybridized carbons (Fsp3) is 0.444. The molecule has 8 heteroatoms. The van der Waals surface area contributed by atoms with Crippen LogP contribution in [0.1, 0.15) is 6.23 Å². The van der Waals surface area contributed by atoms with Crippen LogP contribution in [0, 0.1) is 0 Å². The summed E-state index contributed by atoms with van der Waals surface area (Å²) in [5.41, 5.74) is 0.385. The fourth-order valence-electron chi connectivity index (χ4n) is 1.76. The Morgan fingerprint density at radius 3 is 3.24 bits per heavy atom. The number of nitrogens with zero attached hydrogens (tertiary/aromatic N) is 3. The van der Waals surface area contributed by atoms with E-state index in [4.69, 9.17) is 14.6 Å². The molecule has 0 saturated carbocycles. The highest BCUT2D eigenvalue weighted by atomic mass is 16.7. The summed E-state index contributed by atoms with van der Waals surface area (Å²) in [6, 6.07) is 0. The van der Waals surface area contributed by atoms with Crippen LogP contribution >= 0.6 is 0 Å². The van der Waals surface area contributed by atoms with Crippen LogP contribution in [0.2, 0.25) is 0 Å².